The smallest absolute Gasteiger partial charge is 0.211 e. The highest BCUT2D eigenvalue weighted by atomic mass is 32.2. The maximum atomic E-state index is 13.7. The number of rotatable bonds is 2. The van der Waals surface area contributed by atoms with Gasteiger partial charge in [0.2, 0.25) is 15.3 Å². The zero-order valence-corrected chi connectivity index (χ0v) is 12.7. The summed E-state index contributed by atoms with van der Waals surface area (Å²) in [4.78, 5) is 13.9. The van der Waals surface area contributed by atoms with E-state index in [0.29, 0.717) is 0 Å². The number of aromatic nitrogens is 1. The molecule has 0 spiro atoms. The minimum Gasteiger partial charge on any atom is -0.357 e. The van der Waals surface area contributed by atoms with Gasteiger partial charge in [-0.15, -0.1) is 0 Å². The van der Waals surface area contributed by atoms with Gasteiger partial charge in [0.05, 0.1) is 16.0 Å². The Kier molecular flexibility index (Phi) is 3.66. The zero-order chi connectivity index (χ0) is 17.5. The van der Waals surface area contributed by atoms with Crippen LogP contribution in [-0.2, 0) is 9.84 Å². The molecule has 0 saturated carbocycles. The van der Waals surface area contributed by atoms with Gasteiger partial charge in [0.15, 0.2) is 0 Å². The predicted octanol–water partition coefficient (Wildman–Crippen LogP) is 2.51. The first-order valence-corrected chi connectivity index (χ1v) is 8.09. The molecule has 3 rings (SSSR count). The highest BCUT2D eigenvalue weighted by molar-refractivity contribution is 7.91. The van der Waals surface area contributed by atoms with E-state index in [2.05, 4.69) is 4.98 Å². The molecule has 3 aromatic rings. The molecule has 0 bridgehead atoms. The average Bonchev–Trinajstić information content (AvgIpc) is 2.56. The third-order valence-electron chi connectivity index (χ3n) is 3.49. The number of nitrogens with zero attached hydrogens (tertiary/aromatic N) is 1. The number of halogens is 2. The van der Waals surface area contributed by atoms with Crippen molar-refractivity contribution in [2.75, 3.05) is 0 Å². The summed E-state index contributed by atoms with van der Waals surface area (Å²) in [5.74, 6) is -1.56. The molecular weight excluding hydrogens is 338 g/mol. The standard InChI is InChI=1S/C16H8F2N2O3S/c17-12-5-4-10(6-9(12)7-19)24(22,23)14-8-20-15-11(16(14)21)2-1-3-13(15)18/h1-6,8H,(H,20,21). The Balaban J connectivity index is 2.29. The van der Waals surface area contributed by atoms with Crippen LogP contribution in [-0.4, -0.2) is 13.4 Å². The van der Waals surface area contributed by atoms with Gasteiger partial charge in [-0.2, -0.15) is 5.26 Å². The first-order valence-electron chi connectivity index (χ1n) is 6.61. The molecule has 0 aliphatic heterocycles. The monoisotopic (exact) mass is 346 g/mol. The Morgan fingerprint density at radius 1 is 1.08 bits per heavy atom. The van der Waals surface area contributed by atoms with E-state index < -0.39 is 42.3 Å². The summed E-state index contributed by atoms with van der Waals surface area (Å²) >= 11 is 0. The molecule has 2 aromatic carbocycles. The normalized spacial score (nSPS) is 11.4. The van der Waals surface area contributed by atoms with Crippen molar-refractivity contribution in [3.63, 3.8) is 0 Å². The van der Waals surface area contributed by atoms with Crippen molar-refractivity contribution >= 4 is 20.7 Å². The summed E-state index contributed by atoms with van der Waals surface area (Å²) in [6.45, 7) is 0. The Labute approximate surface area is 134 Å². The molecule has 0 amide bonds. The summed E-state index contributed by atoms with van der Waals surface area (Å²) in [5, 5.41) is 8.69. The molecule has 0 unspecified atom stereocenters. The first-order chi connectivity index (χ1) is 11.4. The molecule has 0 aliphatic rings. The number of sulfone groups is 1. The zero-order valence-electron chi connectivity index (χ0n) is 11.9. The fraction of sp³-hybridized carbons (Fsp3) is 0. The van der Waals surface area contributed by atoms with Crippen LogP contribution in [0.5, 0.6) is 0 Å². The number of fused-ring (bicyclic) bond motifs is 1. The number of H-pyrrole nitrogens is 1. The van der Waals surface area contributed by atoms with Crippen LogP contribution < -0.4 is 5.43 Å². The Bertz CT molecular complexity index is 1180. The molecule has 0 saturated heterocycles. The second-order valence-corrected chi connectivity index (χ2v) is 6.82. The fourth-order valence-corrected chi connectivity index (χ4v) is 3.62. The predicted molar refractivity (Wildman–Crippen MR) is 81.1 cm³/mol. The Morgan fingerprint density at radius 3 is 2.54 bits per heavy atom. The molecule has 0 fully saturated rings. The van der Waals surface area contributed by atoms with Gasteiger partial charge < -0.3 is 4.98 Å². The number of para-hydroxylation sites is 1. The molecule has 0 radical (unpaired) electrons. The van der Waals surface area contributed by atoms with Crippen LogP contribution in [0.25, 0.3) is 10.9 Å². The SMILES string of the molecule is N#Cc1cc(S(=O)(=O)c2c[nH]c3c(F)cccc3c2=O)ccc1F. The average molecular weight is 346 g/mol. The molecule has 120 valence electrons. The van der Waals surface area contributed by atoms with Gasteiger partial charge in [0.25, 0.3) is 0 Å². The molecule has 0 atom stereocenters. The summed E-state index contributed by atoms with van der Waals surface area (Å²) in [5.41, 5.74) is -1.45. The molecule has 24 heavy (non-hydrogen) atoms. The third kappa shape index (κ3) is 2.35. The summed E-state index contributed by atoms with van der Waals surface area (Å²) in [6.07, 6.45) is 0.887. The Morgan fingerprint density at radius 2 is 1.83 bits per heavy atom. The highest BCUT2D eigenvalue weighted by Gasteiger charge is 2.24. The third-order valence-corrected chi connectivity index (χ3v) is 5.24. The van der Waals surface area contributed by atoms with E-state index in [1.165, 1.54) is 18.2 Å². The topological polar surface area (TPSA) is 90.8 Å². The van der Waals surface area contributed by atoms with E-state index in [0.717, 1.165) is 30.5 Å². The number of nitriles is 1. The van der Waals surface area contributed by atoms with Crippen LogP contribution in [0.3, 0.4) is 0 Å². The molecule has 5 nitrogen and oxygen atoms in total. The molecule has 0 aliphatic carbocycles. The van der Waals surface area contributed by atoms with Crippen molar-refractivity contribution in [3.8, 4) is 6.07 Å². The lowest BCUT2D eigenvalue weighted by Gasteiger charge is -2.07. The van der Waals surface area contributed by atoms with E-state index >= 15 is 0 Å². The number of nitrogens with one attached hydrogen (secondary N) is 1. The maximum absolute atomic E-state index is 13.7. The molecule has 1 N–H and O–H groups in total. The van der Waals surface area contributed by atoms with E-state index in [-0.39, 0.29) is 10.9 Å². The minimum absolute atomic E-state index is 0.113. The van der Waals surface area contributed by atoms with Crippen LogP contribution in [0.1, 0.15) is 5.56 Å². The quantitative estimate of drug-likeness (QED) is 0.722. The first kappa shape index (κ1) is 15.8. The molecule has 8 heteroatoms. The van der Waals surface area contributed by atoms with Crippen molar-refractivity contribution in [2.45, 2.75) is 9.79 Å². The van der Waals surface area contributed by atoms with Crippen molar-refractivity contribution in [1.29, 1.82) is 5.26 Å². The lowest BCUT2D eigenvalue weighted by atomic mass is 10.2. The van der Waals surface area contributed by atoms with E-state index in [4.69, 9.17) is 5.26 Å². The molecule has 1 aromatic heterocycles. The van der Waals surface area contributed by atoms with Gasteiger partial charge in [-0.3, -0.25) is 4.79 Å². The second-order valence-electron chi connectivity index (χ2n) is 4.90. The van der Waals surface area contributed by atoms with Crippen molar-refractivity contribution < 1.29 is 17.2 Å². The van der Waals surface area contributed by atoms with Gasteiger partial charge in [0, 0.05) is 11.6 Å². The van der Waals surface area contributed by atoms with Gasteiger partial charge >= 0.3 is 0 Å². The van der Waals surface area contributed by atoms with E-state index in [1.807, 2.05) is 0 Å². The van der Waals surface area contributed by atoms with Crippen LogP contribution in [0.2, 0.25) is 0 Å². The van der Waals surface area contributed by atoms with E-state index in [1.54, 1.807) is 0 Å². The highest BCUT2D eigenvalue weighted by Crippen LogP contribution is 2.22. The lowest BCUT2D eigenvalue weighted by molar-refractivity contribution is 0.593. The van der Waals surface area contributed by atoms with Gasteiger partial charge in [-0.25, -0.2) is 17.2 Å². The Hall–Kier alpha value is -3.05. The van der Waals surface area contributed by atoms with Crippen LogP contribution in [0.4, 0.5) is 8.78 Å². The number of pyridine rings is 1. The van der Waals surface area contributed by atoms with Gasteiger partial charge in [-0.05, 0) is 30.3 Å². The van der Waals surface area contributed by atoms with Gasteiger partial charge in [-0.1, -0.05) is 6.07 Å². The summed E-state index contributed by atoms with van der Waals surface area (Å²) in [7, 11) is -4.31. The fourth-order valence-electron chi connectivity index (χ4n) is 2.28. The van der Waals surface area contributed by atoms with E-state index in [9.17, 15) is 22.0 Å². The lowest BCUT2D eigenvalue weighted by Crippen LogP contribution is -2.16. The van der Waals surface area contributed by atoms with Crippen LogP contribution in [0, 0.1) is 23.0 Å². The largest absolute Gasteiger partial charge is 0.357 e. The summed E-state index contributed by atoms with van der Waals surface area (Å²) < 4.78 is 52.3. The number of hydrogen-bond acceptors (Lipinski definition) is 4. The maximum Gasteiger partial charge on any atom is 0.211 e. The number of aromatic amines is 1. The van der Waals surface area contributed by atoms with Crippen molar-refractivity contribution in [2.24, 2.45) is 0 Å². The molecule has 1 heterocycles. The van der Waals surface area contributed by atoms with Gasteiger partial charge in [0.1, 0.15) is 22.6 Å². The summed E-state index contributed by atoms with van der Waals surface area (Å²) in [6, 6.07) is 7.89. The van der Waals surface area contributed by atoms with Crippen LogP contribution >= 0.6 is 0 Å². The van der Waals surface area contributed by atoms with Crippen LogP contribution in [0.15, 0.2) is 57.2 Å². The minimum atomic E-state index is -4.31. The van der Waals surface area contributed by atoms with Crippen molar-refractivity contribution in [1.82, 2.24) is 4.98 Å². The second kappa shape index (κ2) is 5.54. The molecular formula is C16H8F2N2O3S. The number of hydrogen-bond donors (Lipinski definition) is 1. The number of benzene rings is 2. The van der Waals surface area contributed by atoms with Crippen molar-refractivity contribution in [3.05, 3.63) is 70.0 Å².